The van der Waals surface area contributed by atoms with Gasteiger partial charge in [0.25, 0.3) is 0 Å². The molecular formula is C15H7F6N. The van der Waals surface area contributed by atoms with Crippen LogP contribution in [0.15, 0.2) is 42.5 Å². The van der Waals surface area contributed by atoms with Crippen molar-refractivity contribution in [1.29, 1.82) is 0 Å². The number of para-hydroxylation sites is 1. The van der Waals surface area contributed by atoms with Gasteiger partial charge in [-0.1, -0.05) is 24.3 Å². The zero-order valence-corrected chi connectivity index (χ0v) is 10.8. The number of benzene rings is 2. The van der Waals surface area contributed by atoms with Crippen molar-refractivity contribution < 1.29 is 26.3 Å². The molecule has 22 heavy (non-hydrogen) atoms. The Kier molecular flexibility index (Phi) is 3.05. The summed E-state index contributed by atoms with van der Waals surface area (Å²) in [7, 11) is 0. The van der Waals surface area contributed by atoms with Gasteiger partial charge in [0.1, 0.15) is 0 Å². The minimum Gasteiger partial charge on any atom is -0.243 e. The summed E-state index contributed by atoms with van der Waals surface area (Å²) in [6, 6.07) is 7.99. The number of alkyl halides is 6. The second-order valence-corrected chi connectivity index (χ2v) is 4.73. The second-order valence-electron chi connectivity index (χ2n) is 4.73. The predicted molar refractivity (Wildman–Crippen MR) is 69.3 cm³/mol. The molecule has 1 heterocycles. The highest BCUT2D eigenvalue weighted by molar-refractivity contribution is 6.07. The van der Waals surface area contributed by atoms with E-state index in [1.165, 1.54) is 24.3 Å². The first-order chi connectivity index (χ1) is 10.2. The Morgan fingerprint density at radius 1 is 0.682 bits per heavy atom. The van der Waals surface area contributed by atoms with Crippen LogP contribution in [0.5, 0.6) is 0 Å². The zero-order chi connectivity index (χ0) is 16.1. The quantitative estimate of drug-likeness (QED) is 0.398. The van der Waals surface area contributed by atoms with E-state index >= 15 is 0 Å². The van der Waals surface area contributed by atoms with Gasteiger partial charge in [0.05, 0.1) is 11.1 Å². The van der Waals surface area contributed by atoms with Gasteiger partial charge in [-0.05, 0) is 23.6 Å². The summed E-state index contributed by atoms with van der Waals surface area (Å²) < 4.78 is 77.7. The second kappa shape index (κ2) is 4.59. The van der Waals surface area contributed by atoms with Crippen LogP contribution in [0.25, 0.3) is 21.7 Å². The van der Waals surface area contributed by atoms with Gasteiger partial charge in [-0.3, -0.25) is 0 Å². The molecule has 0 aliphatic rings. The summed E-state index contributed by atoms with van der Waals surface area (Å²) >= 11 is 0. The summed E-state index contributed by atoms with van der Waals surface area (Å²) in [5.74, 6) is 0. The van der Waals surface area contributed by atoms with Crippen LogP contribution in [0.2, 0.25) is 0 Å². The molecule has 0 amide bonds. The fourth-order valence-corrected chi connectivity index (χ4v) is 2.35. The molecule has 0 aliphatic carbocycles. The Hall–Kier alpha value is -2.31. The Morgan fingerprint density at radius 2 is 1.36 bits per heavy atom. The van der Waals surface area contributed by atoms with E-state index in [1.54, 1.807) is 0 Å². The van der Waals surface area contributed by atoms with Crippen molar-refractivity contribution in [1.82, 2.24) is 4.98 Å². The number of nitrogens with zero attached hydrogens (tertiary/aromatic N) is 1. The van der Waals surface area contributed by atoms with Gasteiger partial charge in [0, 0.05) is 10.8 Å². The average molecular weight is 315 g/mol. The van der Waals surface area contributed by atoms with Gasteiger partial charge >= 0.3 is 12.4 Å². The summed E-state index contributed by atoms with van der Waals surface area (Å²) in [4.78, 5) is 3.56. The molecule has 3 aromatic rings. The Labute approximate surface area is 120 Å². The van der Waals surface area contributed by atoms with Crippen LogP contribution in [-0.2, 0) is 12.4 Å². The molecule has 0 unspecified atom stereocenters. The molecule has 1 aromatic heterocycles. The van der Waals surface area contributed by atoms with E-state index in [0.29, 0.717) is 6.07 Å². The molecule has 3 rings (SSSR count). The lowest BCUT2D eigenvalue weighted by Crippen LogP contribution is -2.10. The fourth-order valence-electron chi connectivity index (χ4n) is 2.35. The first-order valence-electron chi connectivity index (χ1n) is 6.15. The number of rotatable bonds is 0. The van der Waals surface area contributed by atoms with Crippen molar-refractivity contribution in [2.75, 3.05) is 0 Å². The SMILES string of the molecule is FC(F)(F)c1ccc2c(C(F)(F)F)nc3ccccc3c2c1. The summed E-state index contributed by atoms with van der Waals surface area (Å²) in [5.41, 5.74) is -2.18. The van der Waals surface area contributed by atoms with E-state index in [4.69, 9.17) is 0 Å². The van der Waals surface area contributed by atoms with Crippen LogP contribution in [0.1, 0.15) is 11.3 Å². The summed E-state index contributed by atoms with van der Waals surface area (Å²) in [6.07, 6.45) is -9.38. The van der Waals surface area contributed by atoms with Crippen LogP contribution in [0.4, 0.5) is 26.3 Å². The molecule has 0 atom stereocenters. The van der Waals surface area contributed by atoms with Crippen molar-refractivity contribution in [3.63, 3.8) is 0 Å². The molecule has 2 aromatic carbocycles. The molecule has 114 valence electrons. The first kappa shape index (κ1) is 14.6. The minimum absolute atomic E-state index is 0.00153. The maximum absolute atomic E-state index is 13.1. The third kappa shape index (κ3) is 2.36. The lowest BCUT2D eigenvalue weighted by molar-refractivity contribution is -0.139. The van der Waals surface area contributed by atoms with Gasteiger partial charge in [0.15, 0.2) is 5.69 Å². The third-order valence-corrected chi connectivity index (χ3v) is 3.30. The minimum atomic E-state index is -4.75. The van der Waals surface area contributed by atoms with Crippen molar-refractivity contribution in [3.05, 3.63) is 53.7 Å². The number of hydrogen-bond acceptors (Lipinski definition) is 1. The first-order valence-corrected chi connectivity index (χ1v) is 6.15. The summed E-state index contributed by atoms with van der Waals surface area (Å²) in [5, 5.41) is -0.219. The van der Waals surface area contributed by atoms with Gasteiger partial charge in [-0.2, -0.15) is 26.3 Å². The monoisotopic (exact) mass is 315 g/mol. The number of halogens is 6. The number of fused-ring (bicyclic) bond motifs is 3. The van der Waals surface area contributed by atoms with E-state index < -0.39 is 23.6 Å². The highest BCUT2D eigenvalue weighted by Crippen LogP contribution is 2.39. The van der Waals surface area contributed by atoms with Crippen molar-refractivity contribution in [2.24, 2.45) is 0 Å². The Bertz CT molecular complexity index is 863. The third-order valence-electron chi connectivity index (χ3n) is 3.30. The lowest BCUT2D eigenvalue weighted by Gasteiger charge is -2.14. The van der Waals surface area contributed by atoms with Crippen LogP contribution in [0, 0.1) is 0 Å². The number of hydrogen-bond donors (Lipinski definition) is 0. The van der Waals surface area contributed by atoms with Crippen molar-refractivity contribution in [3.8, 4) is 0 Å². The molecule has 1 nitrogen and oxygen atoms in total. The smallest absolute Gasteiger partial charge is 0.243 e. The van der Waals surface area contributed by atoms with Crippen LogP contribution < -0.4 is 0 Å². The number of pyridine rings is 1. The highest BCUT2D eigenvalue weighted by atomic mass is 19.4. The van der Waals surface area contributed by atoms with E-state index in [0.717, 1.165) is 12.1 Å². The molecule has 0 bridgehead atoms. The molecule has 0 saturated carbocycles. The Balaban J connectivity index is 2.48. The molecular weight excluding hydrogens is 308 g/mol. The molecule has 0 fully saturated rings. The van der Waals surface area contributed by atoms with Gasteiger partial charge in [-0.15, -0.1) is 0 Å². The maximum Gasteiger partial charge on any atom is 0.433 e. The normalized spacial score (nSPS) is 13.0. The van der Waals surface area contributed by atoms with E-state index in [2.05, 4.69) is 4.98 Å². The highest BCUT2D eigenvalue weighted by Gasteiger charge is 2.36. The van der Waals surface area contributed by atoms with Crippen LogP contribution >= 0.6 is 0 Å². The van der Waals surface area contributed by atoms with Gasteiger partial charge in [-0.25, -0.2) is 4.98 Å². The van der Waals surface area contributed by atoms with Crippen LogP contribution in [0.3, 0.4) is 0 Å². The molecule has 0 saturated heterocycles. The fraction of sp³-hybridized carbons (Fsp3) is 0.133. The maximum atomic E-state index is 13.1. The lowest BCUT2D eigenvalue weighted by atomic mass is 10.0. The zero-order valence-electron chi connectivity index (χ0n) is 10.8. The topological polar surface area (TPSA) is 12.9 Å². The largest absolute Gasteiger partial charge is 0.433 e. The van der Waals surface area contributed by atoms with E-state index in [-0.39, 0.29) is 21.7 Å². The molecule has 0 N–H and O–H groups in total. The van der Waals surface area contributed by atoms with Crippen molar-refractivity contribution >= 4 is 21.7 Å². The molecule has 0 radical (unpaired) electrons. The van der Waals surface area contributed by atoms with Crippen LogP contribution in [-0.4, -0.2) is 4.98 Å². The summed E-state index contributed by atoms with van der Waals surface area (Å²) in [6.45, 7) is 0. The molecule has 0 aliphatic heterocycles. The van der Waals surface area contributed by atoms with Gasteiger partial charge < -0.3 is 0 Å². The Morgan fingerprint density at radius 3 is 2.00 bits per heavy atom. The number of aromatic nitrogens is 1. The predicted octanol–water partition coefficient (Wildman–Crippen LogP) is 5.43. The van der Waals surface area contributed by atoms with Gasteiger partial charge in [0.2, 0.25) is 0 Å². The molecule has 0 spiro atoms. The average Bonchev–Trinajstić information content (AvgIpc) is 2.44. The van der Waals surface area contributed by atoms with E-state index in [9.17, 15) is 26.3 Å². The van der Waals surface area contributed by atoms with E-state index in [1.807, 2.05) is 0 Å². The standard InChI is InChI=1S/C15H7F6N/c16-14(17,18)8-5-6-10-11(7-8)9-3-1-2-4-12(9)22-13(10)15(19,20)21/h1-7H. The molecule has 7 heteroatoms. The van der Waals surface area contributed by atoms with Crippen molar-refractivity contribution in [2.45, 2.75) is 12.4 Å².